The highest BCUT2D eigenvalue weighted by atomic mass is 35.5. The second kappa shape index (κ2) is 34.2. The van der Waals surface area contributed by atoms with Gasteiger partial charge < -0.3 is 58.7 Å². The van der Waals surface area contributed by atoms with Gasteiger partial charge in [0.2, 0.25) is 0 Å². The van der Waals surface area contributed by atoms with Crippen LogP contribution >= 0.6 is 34.8 Å². The summed E-state index contributed by atoms with van der Waals surface area (Å²) >= 11 is 15.1. The van der Waals surface area contributed by atoms with Crippen LogP contribution in [0, 0.1) is 16.2 Å². The van der Waals surface area contributed by atoms with E-state index >= 15 is 0 Å². The first-order chi connectivity index (χ1) is 35.0. The molecule has 0 heterocycles. The summed E-state index contributed by atoms with van der Waals surface area (Å²) in [5.41, 5.74) is -15.8. The Morgan fingerprint density at radius 3 is 0.937 bits per heavy atom. The summed E-state index contributed by atoms with van der Waals surface area (Å²) < 4.78 is 180. The molecular weight excluding hydrogens is 1190 g/mol. The molecule has 0 aromatic carbocycles. The Hall–Kier alpha value is -5.22. The van der Waals surface area contributed by atoms with Gasteiger partial charge in [-0.3, -0.25) is 14.4 Å². The third kappa shape index (κ3) is 33.2. The van der Waals surface area contributed by atoms with Crippen molar-refractivity contribution in [2.24, 2.45) is 16.2 Å². The molecule has 0 saturated heterocycles. The molecule has 0 spiro atoms. The summed E-state index contributed by atoms with van der Waals surface area (Å²) in [6.07, 6.45) is -25.4. The highest BCUT2D eigenvalue weighted by Crippen LogP contribution is 2.45. The van der Waals surface area contributed by atoms with Gasteiger partial charge >= 0.3 is 89.6 Å². The van der Waals surface area contributed by atoms with Crippen LogP contribution in [-0.2, 0) is 76.3 Å². The number of rotatable bonds is 21. The highest BCUT2D eigenvalue weighted by molar-refractivity contribution is 6.29. The van der Waals surface area contributed by atoms with E-state index in [1.54, 1.807) is 13.8 Å². The van der Waals surface area contributed by atoms with Crippen molar-refractivity contribution < 1.29 is 155 Å². The van der Waals surface area contributed by atoms with Crippen LogP contribution in [0.25, 0.3) is 0 Å². The van der Waals surface area contributed by atoms with Crippen LogP contribution in [0.1, 0.15) is 69.2 Å². The number of esters is 8. The van der Waals surface area contributed by atoms with Crippen molar-refractivity contribution in [2.45, 2.75) is 111 Å². The lowest BCUT2D eigenvalue weighted by Gasteiger charge is -2.31. The first-order valence-corrected chi connectivity index (χ1v) is 22.6. The molecule has 0 aromatic rings. The molecule has 79 heavy (non-hydrogen) atoms. The summed E-state index contributed by atoms with van der Waals surface area (Å²) in [6.45, 7) is 16.4. The zero-order valence-corrected chi connectivity index (χ0v) is 45.7. The molecule has 0 aliphatic heterocycles. The average Bonchev–Trinajstić information content (AvgIpc) is 3.30. The maximum Gasteiger partial charge on any atom is 0.437 e. The van der Waals surface area contributed by atoms with Crippen LogP contribution in [0.3, 0.4) is 0 Å². The van der Waals surface area contributed by atoms with Crippen molar-refractivity contribution >= 4 is 88.5 Å². The van der Waals surface area contributed by atoms with Crippen LogP contribution in [0.5, 0.6) is 0 Å². The minimum atomic E-state index is -6.37. The molecule has 0 fully saturated rings. The topological polar surface area (TPSA) is 319 Å². The highest BCUT2D eigenvalue weighted by Gasteiger charge is 2.77. The van der Waals surface area contributed by atoms with Gasteiger partial charge in [-0.15, -0.1) is 34.8 Å². The first kappa shape index (κ1) is 82.6. The number of aliphatic hydroxyl groups excluding tert-OH is 1. The SMILES string of the molecule is C=C(C)C(=O)O.C=C(C)C(=O)OCC(=O)OCC(C)(C)COC(=O)C(O)(C(F)(F)F)C(F)(F)F.CC(C)(CO)COC(=O)C(C)(C)O.CC(C)(COC(=O)CCl)COC(=O)C(O)(C(F)(F)F)C(F)(F)F.O=C(CCl)OC(=O)CCl. The molecule has 0 unspecified atom stereocenters. The van der Waals surface area contributed by atoms with E-state index in [4.69, 9.17) is 60.0 Å². The lowest BCUT2D eigenvalue weighted by atomic mass is 9.96. The fraction of sp³-hybridized carbons (Fsp3) is 0.698. The van der Waals surface area contributed by atoms with Gasteiger partial charge in [-0.1, -0.05) is 54.7 Å². The molecule has 0 aromatic heterocycles. The maximum absolute atomic E-state index is 12.5. The fourth-order valence-electron chi connectivity index (χ4n) is 3.14. The minimum absolute atomic E-state index is 0.00172. The molecule has 462 valence electrons. The van der Waals surface area contributed by atoms with Gasteiger partial charge in [0, 0.05) is 27.4 Å². The number of carboxylic acid groups (broad SMARTS) is 1. The zero-order valence-electron chi connectivity index (χ0n) is 43.4. The monoisotopic (exact) mass is 1240 g/mol. The molecule has 21 nitrogen and oxygen atoms in total. The predicted octanol–water partition coefficient (Wildman–Crippen LogP) is 5.77. The van der Waals surface area contributed by atoms with Gasteiger partial charge in [0.15, 0.2) is 12.2 Å². The molecule has 0 radical (unpaired) electrons. The molecular formula is C43H59Cl3F12O21. The Balaban J connectivity index is -0.000000317. The zero-order chi connectivity index (χ0) is 64.4. The Kier molecular flexibility index (Phi) is 35.7. The molecule has 5 N–H and O–H groups in total. The average molecular weight is 1250 g/mol. The molecule has 0 aliphatic rings. The number of halogens is 15. The molecule has 36 heteroatoms. The standard InChI is InChI=1S/C15H18F6O7.C11H13ClF6O5.C9H18O4.C4H4Cl2O3.C4H6O2/c1-8(2)10(23)26-5-9(22)27-6-12(3,4)7-28-11(24)13(25,14(16,17)18)15(19,20)21;1-8(2,4-22-6(19)3-12)5-23-7(20)9(21,10(13,14)15)11(16,17)18;1-8(2,5-10)6-13-7(11)9(3,4)12;5-1-3(7)9-4(8)2-6;1-3(2)4(5)6/h25H,1,5-7H2,2-4H3;21H,3-5H2,1-2H3;10,12H,5-6H2,1-4H3;1-2H2;1H2,2H3,(H,5,6). The van der Waals surface area contributed by atoms with E-state index in [0.29, 0.717) is 0 Å². The first-order valence-electron chi connectivity index (χ1n) is 21.0. The van der Waals surface area contributed by atoms with E-state index in [1.165, 1.54) is 55.4 Å². The number of carbonyl (C=O) groups is 9. The fourth-order valence-corrected chi connectivity index (χ4v) is 3.33. The van der Waals surface area contributed by atoms with Gasteiger partial charge in [-0.05, 0) is 27.7 Å². The number of aliphatic carboxylic acids is 1. The van der Waals surface area contributed by atoms with Crippen LogP contribution < -0.4 is 0 Å². The maximum atomic E-state index is 12.5. The number of ether oxygens (including phenoxy) is 7. The molecule has 0 atom stereocenters. The van der Waals surface area contributed by atoms with E-state index < -0.39 is 150 Å². The number of carbonyl (C=O) groups excluding carboxylic acids is 8. The van der Waals surface area contributed by atoms with E-state index in [1.807, 2.05) is 0 Å². The summed E-state index contributed by atoms with van der Waals surface area (Å²) in [4.78, 5) is 96.7. The van der Waals surface area contributed by atoms with Crippen molar-refractivity contribution in [2.75, 3.05) is 63.9 Å². The van der Waals surface area contributed by atoms with E-state index in [2.05, 4.69) is 41.6 Å². The Labute approximate surface area is 457 Å². The molecule has 0 amide bonds. The smallest absolute Gasteiger partial charge is 0.437 e. The van der Waals surface area contributed by atoms with Crippen LogP contribution in [0.2, 0.25) is 0 Å². The summed E-state index contributed by atoms with van der Waals surface area (Å²) in [6, 6.07) is 0. The lowest BCUT2D eigenvalue weighted by Crippen LogP contribution is -2.63. The Bertz CT molecular complexity index is 2010. The number of hydrogen-bond acceptors (Lipinski definition) is 20. The van der Waals surface area contributed by atoms with Crippen molar-refractivity contribution in [3.63, 3.8) is 0 Å². The van der Waals surface area contributed by atoms with Gasteiger partial charge in [-0.25, -0.2) is 28.8 Å². The van der Waals surface area contributed by atoms with Crippen LogP contribution in [0.4, 0.5) is 52.7 Å². The Morgan fingerprint density at radius 2 is 0.696 bits per heavy atom. The molecule has 0 saturated carbocycles. The van der Waals surface area contributed by atoms with Crippen molar-refractivity contribution in [3.05, 3.63) is 24.3 Å². The lowest BCUT2D eigenvalue weighted by molar-refractivity contribution is -0.358. The molecule has 0 bridgehead atoms. The second-order valence-corrected chi connectivity index (χ2v) is 19.2. The quantitative estimate of drug-likeness (QED) is 0.0227. The third-order valence-electron chi connectivity index (χ3n) is 7.78. The van der Waals surface area contributed by atoms with Crippen molar-refractivity contribution in [3.8, 4) is 0 Å². The van der Waals surface area contributed by atoms with Gasteiger partial charge in [0.25, 0.3) is 0 Å². The third-order valence-corrected chi connectivity index (χ3v) is 8.43. The second-order valence-electron chi connectivity index (χ2n) is 18.4. The number of carboxylic acids is 1. The van der Waals surface area contributed by atoms with Crippen molar-refractivity contribution in [1.82, 2.24) is 0 Å². The van der Waals surface area contributed by atoms with Crippen LogP contribution in [0.15, 0.2) is 24.3 Å². The largest absolute Gasteiger partial charge is 0.478 e. The Morgan fingerprint density at radius 1 is 0.430 bits per heavy atom. The van der Waals surface area contributed by atoms with Crippen LogP contribution in [-0.4, -0.2) is 185 Å². The summed E-state index contributed by atoms with van der Waals surface area (Å²) in [5, 5.41) is 43.6. The van der Waals surface area contributed by atoms with Gasteiger partial charge in [0.05, 0.1) is 39.6 Å². The number of aliphatic hydroxyl groups is 4. The predicted molar refractivity (Wildman–Crippen MR) is 245 cm³/mol. The van der Waals surface area contributed by atoms with Gasteiger partial charge in [0.1, 0.15) is 17.6 Å². The minimum Gasteiger partial charge on any atom is -0.478 e. The van der Waals surface area contributed by atoms with Gasteiger partial charge in [-0.2, -0.15) is 52.7 Å². The molecule has 0 aliphatic carbocycles. The van der Waals surface area contributed by atoms with E-state index in [9.17, 15) is 101 Å². The number of hydrogen-bond donors (Lipinski definition) is 5. The summed E-state index contributed by atoms with van der Waals surface area (Å²) in [7, 11) is 0. The summed E-state index contributed by atoms with van der Waals surface area (Å²) in [5.74, 6) is -13.1. The number of alkyl halides is 15. The van der Waals surface area contributed by atoms with Crippen molar-refractivity contribution in [1.29, 1.82) is 0 Å². The normalized spacial score (nSPS) is 12.2. The van der Waals surface area contributed by atoms with E-state index in [0.717, 1.165) is 0 Å². The van der Waals surface area contributed by atoms with E-state index in [-0.39, 0.29) is 36.1 Å². The molecule has 0 rings (SSSR count).